The van der Waals surface area contributed by atoms with Crippen LogP contribution in [0.15, 0.2) is 30.3 Å². The van der Waals surface area contributed by atoms with Crippen LogP contribution >= 0.6 is 0 Å². The van der Waals surface area contributed by atoms with Crippen molar-refractivity contribution in [2.45, 2.75) is 18.8 Å². The average Bonchev–Trinajstić information content (AvgIpc) is 2.94. The molecule has 0 unspecified atom stereocenters. The molecule has 2 heterocycles. The van der Waals surface area contributed by atoms with E-state index in [4.69, 9.17) is 9.47 Å². The molecule has 2 atom stereocenters. The number of carbonyl (C=O) groups is 1. The van der Waals surface area contributed by atoms with Crippen molar-refractivity contribution in [2.24, 2.45) is 0 Å². The third-order valence-electron chi connectivity index (χ3n) is 3.63. The highest BCUT2D eigenvalue weighted by atomic mass is 16.6. The lowest BCUT2D eigenvalue weighted by Crippen LogP contribution is -2.53. The molecule has 0 radical (unpaired) electrons. The minimum atomic E-state index is -0.245. The van der Waals surface area contributed by atoms with Crippen LogP contribution in [-0.4, -0.2) is 49.4 Å². The Bertz CT molecular complexity index is 438. The Morgan fingerprint density at radius 3 is 3.05 bits per heavy atom. The number of hydrogen-bond acceptors (Lipinski definition) is 4. The van der Waals surface area contributed by atoms with Crippen molar-refractivity contribution in [3.8, 4) is 0 Å². The first-order valence-electron chi connectivity index (χ1n) is 6.64. The van der Waals surface area contributed by atoms with Crippen molar-refractivity contribution in [3.05, 3.63) is 35.9 Å². The van der Waals surface area contributed by atoms with Gasteiger partial charge in [0.05, 0.1) is 18.8 Å². The van der Waals surface area contributed by atoms with Crippen LogP contribution in [-0.2, 0) is 16.1 Å². The van der Waals surface area contributed by atoms with Gasteiger partial charge in [0.15, 0.2) is 0 Å². The van der Waals surface area contributed by atoms with Crippen LogP contribution in [0.4, 0.5) is 4.79 Å². The molecule has 5 heteroatoms. The fraction of sp³-hybridized carbons (Fsp3) is 0.500. The number of hydrogen-bond donors (Lipinski definition) is 1. The fourth-order valence-corrected chi connectivity index (χ4v) is 2.62. The molecule has 102 valence electrons. The van der Waals surface area contributed by atoms with Crippen molar-refractivity contribution < 1.29 is 14.3 Å². The molecule has 2 aliphatic heterocycles. The number of nitrogens with zero attached hydrogens (tertiary/aromatic N) is 1. The maximum Gasteiger partial charge on any atom is 0.410 e. The topological polar surface area (TPSA) is 50.8 Å². The zero-order chi connectivity index (χ0) is 13.1. The summed E-state index contributed by atoms with van der Waals surface area (Å²) < 4.78 is 11.0. The van der Waals surface area contributed by atoms with Gasteiger partial charge in [-0.25, -0.2) is 4.79 Å². The van der Waals surface area contributed by atoms with Gasteiger partial charge in [0.1, 0.15) is 6.61 Å². The lowest BCUT2D eigenvalue weighted by molar-refractivity contribution is -0.0441. The SMILES string of the molecule is O=C(OCc1ccccc1)N1CCO[C@H]2CNC[C@H]21. The highest BCUT2D eigenvalue weighted by Gasteiger charge is 2.39. The molecule has 0 bridgehead atoms. The van der Waals surface area contributed by atoms with E-state index in [1.54, 1.807) is 4.90 Å². The van der Waals surface area contributed by atoms with Crippen molar-refractivity contribution >= 4 is 6.09 Å². The molecular weight excluding hydrogens is 244 g/mol. The zero-order valence-corrected chi connectivity index (χ0v) is 10.7. The van der Waals surface area contributed by atoms with Gasteiger partial charge in [-0.05, 0) is 5.56 Å². The van der Waals surface area contributed by atoms with Crippen molar-refractivity contribution in [3.63, 3.8) is 0 Å². The van der Waals surface area contributed by atoms with Gasteiger partial charge < -0.3 is 14.8 Å². The summed E-state index contributed by atoms with van der Waals surface area (Å²) in [6.45, 7) is 3.11. The molecule has 1 amide bonds. The summed E-state index contributed by atoms with van der Waals surface area (Å²) in [7, 11) is 0. The highest BCUT2D eigenvalue weighted by molar-refractivity contribution is 5.68. The molecule has 0 saturated carbocycles. The Hall–Kier alpha value is -1.59. The summed E-state index contributed by atoms with van der Waals surface area (Å²) in [5.74, 6) is 0. The van der Waals surface area contributed by atoms with E-state index in [-0.39, 0.29) is 18.2 Å². The van der Waals surface area contributed by atoms with E-state index in [1.807, 2.05) is 30.3 Å². The Morgan fingerprint density at radius 1 is 1.37 bits per heavy atom. The fourth-order valence-electron chi connectivity index (χ4n) is 2.62. The molecule has 0 spiro atoms. The van der Waals surface area contributed by atoms with Crippen LogP contribution in [0.3, 0.4) is 0 Å². The van der Waals surface area contributed by atoms with Gasteiger partial charge in [-0.3, -0.25) is 4.90 Å². The van der Waals surface area contributed by atoms with E-state index >= 15 is 0 Å². The number of morpholine rings is 1. The van der Waals surface area contributed by atoms with E-state index in [9.17, 15) is 4.79 Å². The van der Waals surface area contributed by atoms with Gasteiger partial charge in [0.2, 0.25) is 0 Å². The second-order valence-corrected chi connectivity index (χ2v) is 4.87. The van der Waals surface area contributed by atoms with Crippen LogP contribution in [0.2, 0.25) is 0 Å². The number of ether oxygens (including phenoxy) is 2. The minimum Gasteiger partial charge on any atom is -0.445 e. The van der Waals surface area contributed by atoms with Crippen molar-refractivity contribution in [2.75, 3.05) is 26.2 Å². The molecule has 1 aromatic carbocycles. The first-order chi connectivity index (χ1) is 9.34. The summed E-state index contributed by atoms with van der Waals surface area (Å²) in [6.07, 6.45) is -0.135. The van der Waals surface area contributed by atoms with Crippen LogP contribution in [0, 0.1) is 0 Å². The van der Waals surface area contributed by atoms with E-state index < -0.39 is 0 Å². The Kier molecular flexibility index (Phi) is 3.66. The molecule has 19 heavy (non-hydrogen) atoms. The molecular formula is C14H18N2O3. The van der Waals surface area contributed by atoms with E-state index in [0.29, 0.717) is 19.8 Å². The summed E-state index contributed by atoms with van der Waals surface area (Å²) in [4.78, 5) is 13.9. The molecule has 2 saturated heterocycles. The van der Waals surface area contributed by atoms with Crippen LogP contribution in [0.5, 0.6) is 0 Å². The van der Waals surface area contributed by atoms with Crippen LogP contribution in [0.25, 0.3) is 0 Å². The number of fused-ring (bicyclic) bond motifs is 1. The molecule has 0 aliphatic carbocycles. The molecule has 5 nitrogen and oxygen atoms in total. The molecule has 0 aromatic heterocycles. The summed E-state index contributed by atoms with van der Waals surface area (Å²) >= 11 is 0. The summed E-state index contributed by atoms with van der Waals surface area (Å²) in [5, 5.41) is 3.25. The number of amides is 1. The summed E-state index contributed by atoms with van der Waals surface area (Å²) in [5.41, 5.74) is 1.00. The van der Waals surface area contributed by atoms with E-state index in [0.717, 1.165) is 18.7 Å². The number of carbonyl (C=O) groups excluding carboxylic acids is 1. The average molecular weight is 262 g/mol. The standard InChI is InChI=1S/C14H18N2O3/c17-14(19-10-11-4-2-1-3-5-11)16-6-7-18-13-9-15-8-12(13)16/h1-5,12-13,15H,6-10H2/t12-,13+/m1/s1. The van der Waals surface area contributed by atoms with Gasteiger partial charge in [-0.15, -0.1) is 0 Å². The maximum absolute atomic E-state index is 12.1. The molecule has 1 N–H and O–H groups in total. The second-order valence-electron chi connectivity index (χ2n) is 4.87. The Labute approximate surface area is 112 Å². The van der Waals surface area contributed by atoms with Gasteiger partial charge in [0, 0.05) is 19.6 Å². The first kappa shape index (κ1) is 12.4. The predicted molar refractivity (Wildman–Crippen MR) is 69.7 cm³/mol. The van der Waals surface area contributed by atoms with Gasteiger partial charge in [-0.2, -0.15) is 0 Å². The van der Waals surface area contributed by atoms with E-state index in [1.165, 1.54) is 0 Å². The van der Waals surface area contributed by atoms with Gasteiger partial charge in [-0.1, -0.05) is 30.3 Å². The largest absolute Gasteiger partial charge is 0.445 e. The second kappa shape index (κ2) is 5.59. The van der Waals surface area contributed by atoms with Crippen molar-refractivity contribution in [1.82, 2.24) is 10.2 Å². The zero-order valence-electron chi connectivity index (χ0n) is 10.7. The number of benzene rings is 1. The Balaban J connectivity index is 1.57. The minimum absolute atomic E-state index is 0.108. The van der Waals surface area contributed by atoms with Crippen molar-refractivity contribution in [1.29, 1.82) is 0 Å². The maximum atomic E-state index is 12.1. The number of rotatable bonds is 2. The highest BCUT2D eigenvalue weighted by Crippen LogP contribution is 2.18. The predicted octanol–water partition coefficient (Wildman–Crippen LogP) is 0.996. The normalized spacial score (nSPS) is 26.0. The van der Waals surface area contributed by atoms with Gasteiger partial charge >= 0.3 is 6.09 Å². The monoisotopic (exact) mass is 262 g/mol. The third-order valence-corrected chi connectivity index (χ3v) is 3.63. The third kappa shape index (κ3) is 2.72. The Morgan fingerprint density at radius 2 is 2.21 bits per heavy atom. The lowest BCUT2D eigenvalue weighted by atomic mass is 10.1. The lowest BCUT2D eigenvalue weighted by Gasteiger charge is -2.36. The molecule has 2 fully saturated rings. The van der Waals surface area contributed by atoms with Crippen LogP contribution < -0.4 is 5.32 Å². The van der Waals surface area contributed by atoms with E-state index in [2.05, 4.69) is 5.32 Å². The molecule has 1 aromatic rings. The quantitative estimate of drug-likeness (QED) is 0.863. The van der Waals surface area contributed by atoms with Gasteiger partial charge in [0.25, 0.3) is 0 Å². The smallest absolute Gasteiger partial charge is 0.410 e. The molecule has 2 aliphatic rings. The number of nitrogens with one attached hydrogen (secondary N) is 1. The first-order valence-corrected chi connectivity index (χ1v) is 6.64. The summed E-state index contributed by atoms with van der Waals surface area (Å²) in [6, 6.07) is 9.84. The van der Waals surface area contributed by atoms with Crippen LogP contribution in [0.1, 0.15) is 5.56 Å². The molecule has 3 rings (SSSR count).